The molecule has 0 aromatic carbocycles. The van der Waals surface area contributed by atoms with E-state index in [1.165, 1.54) is 38.5 Å². The smallest absolute Gasteiger partial charge is 0.105 e. The number of nitrogens with two attached hydrogens (primary N) is 1. The van der Waals surface area contributed by atoms with Gasteiger partial charge < -0.3 is 10.5 Å². The van der Waals surface area contributed by atoms with Gasteiger partial charge >= 0.3 is 0 Å². The zero-order valence-electron chi connectivity index (χ0n) is 9.93. The molecule has 0 spiro atoms. The quantitative estimate of drug-likeness (QED) is 0.434. The summed E-state index contributed by atoms with van der Waals surface area (Å²) in [7, 11) is 0. The van der Waals surface area contributed by atoms with E-state index in [9.17, 15) is 0 Å². The second-order valence-electron chi connectivity index (χ2n) is 3.97. The molecule has 86 valence electrons. The molecule has 2 N–H and O–H groups in total. The Morgan fingerprint density at radius 3 is 2.21 bits per heavy atom. The Balaban J connectivity index is 3.02. The van der Waals surface area contributed by atoms with Crippen LogP contribution in [0.1, 0.15) is 65.2 Å². The molecule has 0 radical (unpaired) electrons. The third-order valence-corrected chi connectivity index (χ3v) is 2.38. The number of unbranched alkanes of at least 4 members (excludes halogenated alkanes) is 5. The number of hydrogen-bond donors (Lipinski definition) is 1. The molecule has 2 nitrogen and oxygen atoms in total. The van der Waals surface area contributed by atoms with Crippen molar-refractivity contribution in [1.29, 1.82) is 0 Å². The van der Waals surface area contributed by atoms with E-state index in [0.29, 0.717) is 0 Å². The molecule has 0 aromatic rings. The van der Waals surface area contributed by atoms with Crippen LogP contribution >= 0.6 is 0 Å². The van der Waals surface area contributed by atoms with Gasteiger partial charge in [0.25, 0.3) is 0 Å². The largest absolute Gasteiger partial charge is 0.364 e. The fourth-order valence-corrected chi connectivity index (χ4v) is 1.48. The lowest BCUT2D eigenvalue weighted by molar-refractivity contribution is 0.0506. The lowest BCUT2D eigenvalue weighted by Crippen LogP contribution is -2.23. The molecular weight excluding hydrogens is 174 g/mol. The lowest BCUT2D eigenvalue weighted by Gasteiger charge is -2.11. The van der Waals surface area contributed by atoms with Crippen LogP contribution in [0.3, 0.4) is 0 Å². The molecule has 0 amide bonds. The van der Waals surface area contributed by atoms with Crippen LogP contribution in [0.5, 0.6) is 0 Å². The summed E-state index contributed by atoms with van der Waals surface area (Å²) >= 11 is 0. The number of rotatable bonds is 10. The summed E-state index contributed by atoms with van der Waals surface area (Å²) in [4.78, 5) is 0. The minimum atomic E-state index is -0.0267. The van der Waals surface area contributed by atoms with Crippen molar-refractivity contribution < 1.29 is 4.74 Å². The summed E-state index contributed by atoms with van der Waals surface area (Å²) < 4.78 is 5.40. The predicted molar refractivity (Wildman–Crippen MR) is 62.2 cm³/mol. The third-order valence-electron chi connectivity index (χ3n) is 2.38. The van der Waals surface area contributed by atoms with Crippen LogP contribution in [0.2, 0.25) is 0 Å². The maximum atomic E-state index is 5.78. The van der Waals surface area contributed by atoms with Gasteiger partial charge in [-0.25, -0.2) is 0 Å². The maximum absolute atomic E-state index is 5.78. The average Bonchev–Trinajstić information content (AvgIpc) is 2.20. The zero-order valence-corrected chi connectivity index (χ0v) is 9.93. The van der Waals surface area contributed by atoms with Crippen LogP contribution in [0.15, 0.2) is 0 Å². The van der Waals surface area contributed by atoms with Gasteiger partial charge in [-0.15, -0.1) is 0 Å². The Kier molecular flexibility index (Phi) is 10.9. The van der Waals surface area contributed by atoms with Crippen LogP contribution < -0.4 is 5.73 Å². The summed E-state index contributed by atoms with van der Waals surface area (Å²) in [6.45, 7) is 5.16. The Hall–Kier alpha value is -0.0800. The Morgan fingerprint density at radius 2 is 1.57 bits per heavy atom. The molecule has 1 unspecified atom stereocenters. The summed E-state index contributed by atoms with van der Waals surface area (Å²) in [5.41, 5.74) is 5.78. The van der Waals surface area contributed by atoms with E-state index in [4.69, 9.17) is 10.5 Å². The molecule has 0 saturated carbocycles. The first-order valence-corrected chi connectivity index (χ1v) is 6.18. The first-order chi connectivity index (χ1) is 6.81. The van der Waals surface area contributed by atoms with E-state index in [2.05, 4.69) is 13.8 Å². The standard InChI is InChI=1S/C12H27NO/c1-3-5-6-7-8-9-10-12(13)14-11-4-2/h12H,3-11,13H2,1-2H3. The summed E-state index contributed by atoms with van der Waals surface area (Å²) in [5, 5.41) is 0. The Labute approximate surface area is 89.2 Å². The highest BCUT2D eigenvalue weighted by Gasteiger charge is 2.00. The van der Waals surface area contributed by atoms with E-state index < -0.39 is 0 Å². The van der Waals surface area contributed by atoms with Crippen molar-refractivity contribution in [3.63, 3.8) is 0 Å². The Bertz CT molecular complexity index is 106. The van der Waals surface area contributed by atoms with Crippen molar-refractivity contribution in [1.82, 2.24) is 0 Å². The van der Waals surface area contributed by atoms with Gasteiger partial charge in [-0.2, -0.15) is 0 Å². The maximum Gasteiger partial charge on any atom is 0.105 e. The van der Waals surface area contributed by atoms with Crippen molar-refractivity contribution in [2.24, 2.45) is 5.73 Å². The van der Waals surface area contributed by atoms with Gasteiger partial charge in [-0.3, -0.25) is 0 Å². The fourth-order valence-electron chi connectivity index (χ4n) is 1.48. The molecule has 0 aliphatic heterocycles. The van der Waals surface area contributed by atoms with Crippen molar-refractivity contribution in [3.8, 4) is 0 Å². The summed E-state index contributed by atoms with van der Waals surface area (Å²) in [5.74, 6) is 0. The van der Waals surface area contributed by atoms with Gasteiger partial charge in [-0.1, -0.05) is 46.0 Å². The Morgan fingerprint density at radius 1 is 0.929 bits per heavy atom. The van der Waals surface area contributed by atoms with Gasteiger partial charge in [0.2, 0.25) is 0 Å². The van der Waals surface area contributed by atoms with Crippen LogP contribution in [-0.4, -0.2) is 12.8 Å². The van der Waals surface area contributed by atoms with Crippen molar-refractivity contribution in [2.75, 3.05) is 6.61 Å². The molecular formula is C12H27NO. The van der Waals surface area contributed by atoms with E-state index in [0.717, 1.165) is 19.4 Å². The van der Waals surface area contributed by atoms with Crippen LogP contribution in [-0.2, 0) is 4.74 Å². The molecule has 1 atom stereocenters. The van der Waals surface area contributed by atoms with E-state index in [-0.39, 0.29) is 6.23 Å². The van der Waals surface area contributed by atoms with Crippen LogP contribution in [0.25, 0.3) is 0 Å². The highest BCUT2D eigenvalue weighted by atomic mass is 16.5. The van der Waals surface area contributed by atoms with Crippen molar-refractivity contribution in [2.45, 2.75) is 71.4 Å². The van der Waals surface area contributed by atoms with Crippen molar-refractivity contribution >= 4 is 0 Å². The van der Waals surface area contributed by atoms with Gasteiger partial charge in [0.1, 0.15) is 6.23 Å². The zero-order chi connectivity index (χ0) is 10.6. The summed E-state index contributed by atoms with van der Waals surface area (Å²) in [6.07, 6.45) is 10.0. The first kappa shape index (κ1) is 13.9. The topological polar surface area (TPSA) is 35.2 Å². The predicted octanol–water partition coefficient (Wildman–Crippen LogP) is 3.45. The molecule has 0 saturated heterocycles. The number of hydrogen-bond acceptors (Lipinski definition) is 2. The molecule has 0 aliphatic rings. The van der Waals surface area contributed by atoms with Crippen LogP contribution in [0, 0.1) is 0 Å². The van der Waals surface area contributed by atoms with Crippen molar-refractivity contribution in [3.05, 3.63) is 0 Å². The number of ether oxygens (including phenoxy) is 1. The van der Waals surface area contributed by atoms with Gasteiger partial charge in [0.15, 0.2) is 0 Å². The van der Waals surface area contributed by atoms with Gasteiger partial charge in [0.05, 0.1) is 0 Å². The minimum Gasteiger partial charge on any atom is -0.364 e. The minimum absolute atomic E-state index is 0.0267. The monoisotopic (exact) mass is 201 g/mol. The SMILES string of the molecule is CCCCCCCCC(N)OCCC. The molecule has 2 heteroatoms. The molecule has 0 bridgehead atoms. The molecule has 0 aromatic heterocycles. The van der Waals surface area contributed by atoms with E-state index in [1.54, 1.807) is 0 Å². The van der Waals surface area contributed by atoms with Crippen LogP contribution in [0.4, 0.5) is 0 Å². The van der Waals surface area contributed by atoms with E-state index in [1.807, 2.05) is 0 Å². The second-order valence-corrected chi connectivity index (χ2v) is 3.97. The normalized spacial score (nSPS) is 13.1. The first-order valence-electron chi connectivity index (χ1n) is 6.18. The van der Waals surface area contributed by atoms with Gasteiger partial charge in [0, 0.05) is 6.61 Å². The molecule has 0 aliphatic carbocycles. The molecule has 0 fully saturated rings. The highest BCUT2D eigenvalue weighted by Crippen LogP contribution is 2.08. The molecule has 0 rings (SSSR count). The lowest BCUT2D eigenvalue weighted by atomic mass is 10.1. The fraction of sp³-hybridized carbons (Fsp3) is 1.00. The summed E-state index contributed by atoms with van der Waals surface area (Å²) in [6, 6.07) is 0. The molecule has 14 heavy (non-hydrogen) atoms. The highest BCUT2D eigenvalue weighted by molar-refractivity contribution is 4.50. The second kappa shape index (κ2) is 11.0. The average molecular weight is 201 g/mol. The van der Waals surface area contributed by atoms with Gasteiger partial charge in [-0.05, 0) is 19.3 Å². The molecule has 0 heterocycles. The third kappa shape index (κ3) is 10.0. The van der Waals surface area contributed by atoms with E-state index >= 15 is 0 Å².